The molecule has 0 bridgehead atoms. The van der Waals surface area contributed by atoms with Gasteiger partial charge >= 0.3 is 0 Å². The van der Waals surface area contributed by atoms with Crippen LogP contribution in [0.3, 0.4) is 0 Å². The van der Waals surface area contributed by atoms with Gasteiger partial charge in [-0.05, 0) is 38.3 Å². The van der Waals surface area contributed by atoms with E-state index in [0.717, 1.165) is 12.2 Å². The summed E-state index contributed by atoms with van der Waals surface area (Å²) in [6.07, 6.45) is 4.93. The molecule has 1 aliphatic carbocycles. The highest BCUT2D eigenvalue weighted by atomic mass is 16.5. The van der Waals surface area contributed by atoms with Gasteiger partial charge in [-0.15, -0.1) is 0 Å². The van der Waals surface area contributed by atoms with Crippen molar-refractivity contribution in [2.75, 3.05) is 7.05 Å². The fraction of sp³-hybridized carbons (Fsp3) is 0.600. The molecule has 0 radical (unpaired) electrons. The third-order valence-electron chi connectivity index (χ3n) is 4.64. The lowest BCUT2D eigenvalue weighted by Gasteiger charge is -2.42. The molecule has 1 aromatic rings. The normalized spacial score (nSPS) is 35.6. The van der Waals surface area contributed by atoms with E-state index in [0.29, 0.717) is 12.0 Å². The van der Waals surface area contributed by atoms with Gasteiger partial charge in [-0.2, -0.15) is 0 Å². The predicted octanol–water partition coefficient (Wildman–Crippen LogP) is 3.29. The van der Waals surface area contributed by atoms with Crippen LogP contribution in [0, 0.1) is 5.92 Å². The molecule has 1 aromatic carbocycles. The molecule has 1 fully saturated rings. The molecule has 0 amide bonds. The summed E-state index contributed by atoms with van der Waals surface area (Å²) in [7, 11) is 2.06. The van der Waals surface area contributed by atoms with E-state index < -0.39 is 0 Å². The fourth-order valence-electron chi connectivity index (χ4n) is 3.51. The number of rotatable bonds is 1. The Hall–Kier alpha value is -1.02. The zero-order valence-electron chi connectivity index (χ0n) is 10.7. The number of hydrogen-bond acceptors (Lipinski definition) is 2. The summed E-state index contributed by atoms with van der Waals surface area (Å²) >= 11 is 0. The van der Waals surface area contributed by atoms with Crippen molar-refractivity contribution in [2.24, 2.45) is 5.92 Å². The molecule has 2 heteroatoms. The summed E-state index contributed by atoms with van der Waals surface area (Å²) in [4.78, 5) is 0. The Kier molecular flexibility index (Phi) is 2.62. The maximum absolute atomic E-state index is 6.38. The van der Waals surface area contributed by atoms with Crippen molar-refractivity contribution in [1.29, 1.82) is 0 Å². The van der Waals surface area contributed by atoms with Gasteiger partial charge in [0.2, 0.25) is 0 Å². The van der Waals surface area contributed by atoms with Crippen LogP contribution >= 0.6 is 0 Å². The first-order valence-electron chi connectivity index (χ1n) is 6.70. The van der Waals surface area contributed by atoms with Crippen LogP contribution in [0.4, 0.5) is 0 Å². The lowest BCUT2D eigenvalue weighted by molar-refractivity contribution is 0.00278. The SMILES string of the molecule is CNC1CC2(CCCC2C)Oc2ccccc21. The number of hydrogen-bond donors (Lipinski definition) is 1. The van der Waals surface area contributed by atoms with Gasteiger partial charge in [0, 0.05) is 18.0 Å². The van der Waals surface area contributed by atoms with E-state index in [-0.39, 0.29) is 5.60 Å². The summed E-state index contributed by atoms with van der Waals surface area (Å²) in [5.74, 6) is 1.76. The van der Waals surface area contributed by atoms with Crippen molar-refractivity contribution in [3.8, 4) is 5.75 Å². The van der Waals surface area contributed by atoms with Gasteiger partial charge in [0.05, 0.1) is 0 Å². The Morgan fingerprint density at radius 2 is 2.18 bits per heavy atom. The quantitative estimate of drug-likeness (QED) is 0.800. The summed E-state index contributed by atoms with van der Waals surface area (Å²) < 4.78 is 6.38. The molecule has 92 valence electrons. The van der Waals surface area contributed by atoms with E-state index in [1.165, 1.54) is 24.8 Å². The molecule has 3 unspecified atom stereocenters. The third-order valence-corrected chi connectivity index (χ3v) is 4.64. The van der Waals surface area contributed by atoms with Gasteiger partial charge in [0.15, 0.2) is 0 Å². The van der Waals surface area contributed by atoms with Crippen LogP contribution in [0.5, 0.6) is 5.75 Å². The second-order valence-corrected chi connectivity index (χ2v) is 5.54. The predicted molar refractivity (Wildman–Crippen MR) is 69.2 cm³/mol. The van der Waals surface area contributed by atoms with Crippen molar-refractivity contribution in [3.63, 3.8) is 0 Å². The molecule has 17 heavy (non-hydrogen) atoms. The molecule has 2 aliphatic rings. The minimum absolute atomic E-state index is 0.0853. The Labute approximate surface area is 103 Å². The molecular formula is C15H21NO. The van der Waals surface area contributed by atoms with Gasteiger partial charge < -0.3 is 10.1 Å². The van der Waals surface area contributed by atoms with E-state index in [4.69, 9.17) is 4.74 Å². The zero-order valence-corrected chi connectivity index (χ0v) is 10.7. The minimum Gasteiger partial charge on any atom is -0.487 e. The van der Waals surface area contributed by atoms with Gasteiger partial charge in [-0.1, -0.05) is 25.1 Å². The van der Waals surface area contributed by atoms with Gasteiger partial charge in [-0.3, -0.25) is 0 Å². The maximum Gasteiger partial charge on any atom is 0.124 e. The maximum atomic E-state index is 6.38. The van der Waals surface area contributed by atoms with Crippen LogP contribution in [-0.2, 0) is 0 Å². The fourth-order valence-corrected chi connectivity index (χ4v) is 3.51. The number of benzene rings is 1. The lowest BCUT2D eigenvalue weighted by atomic mass is 9.81. The molecule has 3 atom stereocenters. The Bertz CT molecular complexity index is 417. The van der Waals surface area contributed by atoms with Crippen LogP contribution in [0.1, 0.15) is 44.2 Å². The lowest BCUT2D eigenvalue weighted by Crippen LogP contribution is -2.45. The minimum atomic E-state index is 0.0853. The van der Waals surface area contributed by atoms with Crippen LogP contribution in [0.25, 0.3) is 0 Å². The summed E-state index contributed by atoms with van der Waals surface area (Å²) in [5.41, 5.74) is 1.40. The summed E-state index contributed by atoms with van der Waals surface area (Å²) in [6, 6.07) is 8.92. The van der Waals surface area contributed by atoms with Crippen LogP contribution in [-0.4, -0.2) is 12.6 Å². The Balaban J connectivity index is 2.00. The standard InChI is InChI=1S/C15H21NO/c1-11-6-5-9-15(11)10-13(16-2)12-7-3-4-8-14(12)17-15/h3-4,7-8,11,13,16H,5-6,9-10H2,1-2H3. The van der Waals surface area contributed by atoms with E-state index in [1.54, 1.807) is 0 Å². The molecule has 1 saturated carbocycles. The van der Waals surface area contributed by atoms with Crippen molar-refractivity contribution < 1.29 is 4.74 Å². The number of nitrogens with one attached hydrogen (secondary N) is 1. The highest BCUT2D eigenvalue weighted by molar-refractivity contribution is 5.39. The summed E-state index contributed by atoms with van der Waals surface area (Å²) in [5, 5.41) is 3.45. The Morgan fingerprint density at radius 3 is 2.88 bits per heavy atom. The third kappa shape index (κ3) is 1.66. The summed E-state index contributed by atoms with van der Waals surface area (Å²) in [6.45, 7) is 2.34. The molecule has 1 heterocycles. The average Bonchev–Trinajstić information content (AvgIpc) is 2.69. The second kappa shape index (κ2) is 4.02. The van der Waals surface area contributed by atoms with Gasteiger partial charge in [0.1, 0.15) is 11.4 Å². The van der Waals surface area contributed by atoms with Gasteiger partial charge in [0.25, 0.3) is 0 Å². The van der Waals surface area contributed by atoms with E-state index in [9.17, 15) is 0 Å². The topological polar surface area (TPSA) is 21.3 Å². The first-order chi connectivity index (χ1) is 8.25. The largest absolute Gasteiger partial charge is 0.487 e. The first-order valence-corrected chi connectivity index (χ1v) is 6.70. The van der Waals surface area contributed by atoms with Crippen LogP contribution in [0.15, 0.2) is 24.3 Å². The van der Waals surface area contributed by atoms with Crippen molar-refractivity contribution >= 4 is 0 Å². The molecule has 0 aromatic heterocycles. The molecular weight excluding hydrogens is 210 g/mol. The van der Waals surface area contributed by atoms with E-state index in [1.807, 2.05) is 0 Å². The van der Waals surface area contributed by atoms with Crippen LogP contribution < -0.4 is 10.1 Å². The van der Waals surface area contributed by atoms with Crippen molar-refractivity contribution in [1.82, 2.24) is 5.32 Å². The molecule has 1 spiro atoms. The van der Waals surface area contributed by atoms with Crippen molar-refractivity contribution in [2.45, 2.75) is 44.2 Å². The second-order valence-electron chi connectivity index (χ2n) is 5.54. The molecule has 2 nitrogen and oxygen atoms in total. The first kappa shape index (κ1) is 11.1. The van der Waals surface area contributed by atoms with E-state index >= 15 is 0 Å². The van der Waals surface area contributed by atoms with Crippen molar-refractivity contribution in [3.05, 3.63) is 29.8 Å². The molecule has 0 saturated heterocycles. The van der Waals surface area contributed by atoms with Gasteiger partial charge in [-0.25, -0.2) is 0 Å². The smallest absolute Gasteiger partial charge is 0.124 e. The molecule has 1 N–H and O–H groups in total. The van der Waals surface area contributed by atoms with Crippen LogP contribution in [0.2, 0.25) is 0 Å². The zero-order chi connectivity index (χ0) is 11.9. The highest BCUT2D eigenvalue weighted by Gasteiger charge is 2.47. The number of fused-ring (bicyclic) bond motifs is 1. The Morgan fingerprint density at radius 1 is 1.35 bits per heavy atom. The average molecular weight is 231 g/mol. The number of ether oxygens (including phenoxy) is 1. The molecule has 1 aliphatic heterocycles. The molecule has 3 rings (SSSR count). The van der Waals surface area contributed by atoms with E-state index in [2.05, 4.69) is 43.6 Å². The highest BCUT2D eigenvalue weighted by Crippen LogP contribution is 2.49. The monoisotopic (exact) mass is 231 g/mol. The number of para-hydroxylation sites is 1.